The second-order valence-corrected chi connectivity index (χ2v) is 6.52. The molecule has 0 unspecified atom stereocenters. The quantitative estimate of drug-likeness (QED) is 0.771. The lowest BCUT2D eigenvalue weighted by Crippen LogP contribution is -2.28. The van der Waals surface area contributed by atoms with E-state index in [0.29, 0.717) is 5.69 Å². The normalized spacial score (nSPS) is 11.0. The molecule has 0 atom stereocenters. The van der Waals surface area contributed by atoms with Crippen molar-refractivity contribution in [1.82, 2.24) is 9.78 Å². The van der Waals surface area contributed by atoms with Crippen LogP contribution >= 0.6 is 0 Å². The van der Waals surface area contributed by atoms with Crippen molar-refractivity contribution >= 4 is 23.8 Å². The van der Waals surface area contributed by atoms with E-state index in [1.54, 1.807) is 27.7 Å². The van der Waals surface area contributed by atoms with Crippen LogP contribution < -0.4 is 5.32 Å². The van der Waals surface area contributed by atoms with Crippen LogP contribution in [-0.4, -0.2) is 45.1 Å². The number of carbonyl (C=O) groups excluding carboxylic acids is 2. The fourth-order valence-corrected chi connectivity index (χ4v) is 2.17. The summed E-state index contributed by atoms with van der Waals surface area (Å²) in [5, 5.41) is 15.6. The Balaban J connectivity index is 2.43. The number of hydrogen-bond acceptors (Lipinski definition) is 6. The number of benzene rings is 1. The Bertz CT molecular complexity index is 849. The first-order chi connectivity index (χ1) is 12.6. The lowest BCUT2D eigenvalue weighted by molar-refractivity contribution is 0.0527. The minimum absolute atomic E-state index is 0.0463. The fourth-order valence-electron chi connectivity index (χ4n) is 2.17. The van der Waals surface area contributed by atoms with E-state index >= 15 is 0 Å². The topological polar surface area (TPSA) is 120 Å². The maximum atomic E-state index is 12.2. The number of anilines is 1. The van der Waals surface area contributed by atoms with Crippen molar-refractivity contribution in [1.29, 1.82) is 0 Å². The standard InChI is InChI=1S/C18H21N3O6/c1-5-26-16(24)13-10-19-21(12-8-6-11(7-9-12)15(22)23)14(13)20-17(25)27-18(2,3)4/h6-10H,5H2,1-4H3,(H,20,25)(H,22,23). The van der Waals surface area contributed by atoms with Crippen molar-refractivity contribution in [3.05, 3.63) is 41.6 Å². The van der Waals surface area contributed by atoms with Crippen LogP contribution in [0.1, 0.15) is 48.4 Å². The molecule has 0 aliphatic carbocycles. The van der Waals surface area contributed by atoms with Gasteiger partial charge in [-0.1, -0.05) is 0 Å². The zero-order chi connectivity index (χ0) is 20.2. The van der Waals surface area contributed by atoms with Crippen LogP contribution in [0.15, 0.2) is 30.5 Å². The molecular formula is C18H21N3O6. The molecule has 0 bridgehead atoms. The SMILES string of the molecule is CCOC(=O)c1cnn(-c2ccc(C(=O)O)cc2)c1NC(=O)OC(C)(C)C. The summed E-state index contributed by atoms with van der Waals surface area (Å²) in [5.41, 5.74) is -0.146. The highest BCUT2D eigenvalue weighted by atomic mass is 16.6. The minimum Gasteiger partial charge on any atom is -0.478 e. The number of ether oxygens (including phenoxy) is 2. The van der Waals surface area contributed by atoms with E-state index in [0.717, 1.165) is 0 Å². The number of carbonyl (C=O) groups is 3. The summed E-state index contributed by atoms with van der Waals surface area (Å²) in [7, 11) is 0. The minimum atomic E-state index is -1.07. The second kappa shape index (κ2) is 7.90. The van der Waals surface area contributed by atoms with Gasteiger partial charge in [-0.2, -0.15) is 5.10 Å². The lowest BCUT2D eigenvalue weighted by Gasteiger charge is -2.20. The fraction of sp³-hybridized carbons (Fsp3) is 0.333. The predicted octanol–water partition coefficient (Wildman–Crippen LogP) is 3.09. The average molecular weight is 375 g/mol. The van der Waals surface area contributed by atoms with Gasteiger partial charge in [-0.3, -0.25) is 5.32 Å². The van der Waals surface area contributed by atoms with E-state index < -0.39 is 23.6 Å². The van der Waals surface area contributed by atoms with Crippen LogP contribution in [0.25, 0.3) is 5.69 Å². The Morgan fingerprint density at radius 3 is 2.33 bits per heavy atom. The Morgan fingerprint density at radius 2 is 1.81 bits per heavy atom. The highest BCUT2D eigenvalue weighted by Crippen LogP contribution is 2.23. The molecule has 27 heavy (non-hydrogen) atoms. The molecule has 1 aromatic carbocycles. The first-order valence-electron chi connectivity index (χ1n) is 8.21. The molecule has 2 N–H and O–H groups in total. The van der Waals surface area contributed by atoms with Crippen LogP contribution in [0.4, 0.5) is 10.6 Å². The summed E-state index contributed by atoms with van der Waals surface area (Å²) in [6.45, 7) is 6.94. The molecule has 0 aliphatic rings. The number of carboxylic acids is 1. The van der Waals surface area contributed by atoms with E-state index in [1.807, 2.05) is 0 Å². The summed E-state index contributed by atoms with van der Waals surface area (Å²) >= 11 is 0. The van der Waals surface area contributed by atoms with Gasteiger partial charge >= 0.3 is 18.0 Å². The number of rotatable bonds is 5. The van der Waals surface area contributed by atoms with Crippen molar-refractivity contribution in [2.75, 3.05) is 11.9 Å². The first kappa shape index (κ1) is 20.0. The van der Waals surface area contributed by atoms with Gasteiger partial charge in [-0.25, -0.2) is 19.1 Å². The van der Waals surface area contributed by atoms with Gasteiger partial charge in [-0.15, -0.1) is 0 Å². The molecule has 2 rings (SSSR count). The molecule has 9 nitrogen and oxygen atoms in total. The van der Waals surface area contributed by atoms with Gasteiger partial charge in [0.1, 0.15) is 11.2 Å². The monoisotopic (exact) mass is 375 g/mol. The third-order valence-corrected chi connectivity index (χ3v) is 3.24. The molecule has 1 amide bonds. The Labute approximate surface area is 155 Å². The van der Waals surface area contributed by atoms with Gasteiger partial charge in [0.15, 0.2) is 5.82 Å². The summed E-state index contributed by atoms with van der Waals surface area (Å²) < 4.78 is 11.5. The van der Waals surface area contributed by atoms with E-state index in [2.05, 4.69) is 10.4 Å². The van der Waals surface area contributed by atoms with E-state index in [-0.39, 0.29) is 23.6 Å². The van der Waals surface area contributed by atoms with E-state index in [4.69, 9.17) is 14.6 Å². The molecule has 0 radical (unpaired) electrons. The second-order valence-electron chi connectivity index (χ2n) is 6.52. The van der Waals surface area contributed by atoms with Crippen molar-refractivity contribution < 1.29 is 29.0 Å². The first-order valence-corrected chi connectivity index (χ1v) is 8.21. The van der Waals surface area contributed by atoms with Crippen LogP contribution in [0.3, 0.4) is 0 Å². The summed E-state index contributed by atoms with van der Waals surface area (Å²) in [4.78, 5) is 35.4. The number of aromatic nitrogens is 2. The summed E-state index contributed by atoms with van der Waals surface area (Å²) in [6.07, 6.45) is 0.493. The molecule has 0 saturated carbocycles. The zero-order valence-electron chi connectivity index (χ0n) is 15.5. The molecule has 2 aromatic rings. The van der Waals surface area contributed by atoms with E-state index in [9.17, 15) is 14.4 Å². The van der Waals surface area contributed by atoms with Crippen molar-refractivity contribution in [3.8, 4) is 5.69 Å². The number of hydrogen-bond donors (Lipinski definition) is 2. The van der Waals surface area contributed by atoms with Crippen LogP contribution in [0.5, 0.6) is 0 Å². The van der Waals surface area contributed by atoms with E-state index in [1.165, 1.54) is 35.1 Å². The highest BCUT2D eigenvalue weighted by molar-refractivity contribution is 5.99. The van der Waals surface area contributed by atoms with Gasteiger partial charge in [-0.05, 0) is 52.0 Å². The van der Waals surface area contributed by atoms with Crippen LogP contribution in [0.2, 0.25) is 0 Å². The van der Waals surface area contributed by atoms with Gasteiger partial charge in [0.2, 0.25) is 0 Å². The van der Waals surface area contributed by atoms with Crippen molar-refractivity contribution in [2.24, 2.45) is 0 Å². The number of esters is 1. The van der Waals surface area contributed by atoms with Crippen molar-refractivity contribution in [2.45, 2.75) is 33.3 Å². The number of carboxylic acid groups (broad SMARTS) is 1. The Morgan fingerprint density at radius 1 is 1.19 bits per heavy atom. The molecule has 1 heterocycles. The molecule has 144 valence electrons. The molecule has 9 heteroatoms. The third-order valence-electron chi connectivity index (χ3n) is 3.24. The Hall–Kier alpha value is -3.36. The summed E-state index contributed by atoms with van der Waals surface area (Å²) in [6, 6.07) is 5.79. The molecule has 1 aromatic heterocycles. The number of aromatic carboxylic acids is 1. The molecule has 0 saturated heterocycles. The molecule has 0 fully saturated rings. The van der Waals surface area contributed by atoms with Crippen molar-refractivity contribution in [3.63, 3.8) is 0 Å². The largest absolute Gasteiger partial charge is 0.478 e. The van der Waals surface area contributed by atoms with Gasteiger partial charge in [0, 0.05) is 0 Å². The molecule has 0 aliphatic heterocycles. The number of amides is 1. The number of nitrogens with one attached hydrogen (secondary N) is 1. The number of nitrogens with zero attached hydrogens (tertiary/aromatic N) is 2. The zero-order valence-corrected chi connectivity index (χ0v) is 15.5. The van der Waals surface area contributed by atoms with Crippen LogP contribution in [-0.2, 0) is 9.47 Å². The highest BCUT2D eigenvalue weighted by Gasteiger charge is 2.24. The van der Waals surface area contributed by atoms with Gasteiger partial charge in [0.25, 0.3) is 0 Å². The van der Waals surface area contributed by atoms with Crippen LogP contribution in [0, 0.1) is 0 Å². The maximum absolute atomic E-state index is 12.2. The van der Waals surface area contributed by atoms with Gasteiger partial charge in [0.05, 0.1) is 24.1 Å². The average Bonchev–Trinajstić information content (AvgIpc) is 2.96. The maximum Gasteiger partial charge on any atom is 0.413 e. The summed E-state index contributed by atoms with van der Waals surface area (Å²) in [5.74, 6) is -1.66. The Kier molecular flexibility index (Phi) is 5.84. The lowest BCUT2D eigenvalue weighted by atomic mass is 10.2. The third kappa shape index (κ3) is 5.06. The predicted molar refractivity (Wildman–Crippen MR) is 96.3 cm³/mol. The smallest absolute Gasteiger partial charge is 0.413 e. The van der Waals surface area contributed by atoms with Gasteiger partial charge < -0.3 is 14.6 Å². The molecular weight excluding hydrogens is 354 g/mol. The molecule has 0 spiro atoms.